The van der Waals surface area contributed by atoms with E-state index in [0.717, 1.165) is 45.8 Å². The summed E-state index contributed by atoms with van der Waals surface area (Å²) in [5.41, 5.74) is 1.38. The molecule has 2 atom stereocenters. The van der Waals surface area contributed by atoms with Crippen LogP contribution in [0.4, 0.5) is 0 Å². The number of hydrogen-bond acceptors (Lipinski definition) is 4. The molecule has 4 nitrogen and oxygen atoms in total. The fourth-order valence-corrected chi connectivity index (χ4v) is 3.33. The number of hydrogen-bond donors (Lipinski definition) is 1. The molecule has 0 spiro atoms. The smallest absolute Gasteiger partial charge is 0.0870 e. The fraction of sp³-hybridized carbons (Fsp3) is 0.625. The van der Waals surface area contributed by atoms with E-state index in [9.17, 15) is 0 Å². The van der Waals surface area contributed by atoms with Gasteiger partial charge in [-0.15, -0.1) is 0 Å². The van der Waals surface area contributed by atoms with Crippen molar-refractivity contribution in [2.24, 2.45) is 0 Å². The van der Waals surface area contributed by atoms with Gasteiger partial charge in [-0.05, 0) is 12.0 Å². The first-order valence-corrected chi connectivity index (χ1v) is 7.59. The number of benzene rings is 1. The van der Waals surface area contributed by atoms with Crippen LogP contribution in [-0.4, -0.2) is 66.4 Å². The van der Waals surface area contributed by atoms with E-state index >= 15 is 0 Å². The minimum absolute atomic E-state index is 0.278. The number of likely N-dealkylation sites (tertiary alicyclic amines) is 1. The van der Waals surface area contributed by atoms with Crippen LogP contribution in [0.2, 0.25) is 0 Å². The van der Waals surface area contributed by atoms with Crippen molar-refractivity contribution in [3.05, 3.63) is 35.9 Å². The van der Waals surface area contributed by atoms with Crippen LogP contribution in [0.25, 0.3) is 0 Å². The van der Waals surface area contributed by atoms with Gasteiger partial charge in [-0.2, -0.15) is 0 Å². The standard InChI is InChI=1S/C16H24N2O2/c19-9-4-7-17-12-15-16(13-17)20-10-8-18(15)11-14-5-2-1-3-6-14/h1-3,5-6,15-16,19H,4,7-13H2. The zero-order valence-corrected chi connectivity index (χ0v) is 11.9. The Morgan fingerprint density at radius 2 is 2.05 bits per heavy atom. The number of nitrogens with zero attached hydrogens (tertiary/aromatic N) is 2. The molecular formula is C16H24N2O2. The topological polar surface area (TPSA) is 35.9 Å². The zero-order chi connectivity index (χ0) is 13.8. The second kappa shape index (κ2) is 6.68. The maximum absolute atomic E-state index is 8.96. The van der Waals surface area contributed by atoms with Gasteiger partial charge >= 0.3 is 0 Å². The maximum atomic E-state index is 8.96. The summed E-state index contributed by atoms with van der Waals surface area (Å²) in [5, 5.41) is 8.96. The Morgan fingerprint density at radius 1 is 1.20 bits per heavy atom. The van der Waals surface area contributed by atoms with Crippen molar-refractivity contribution >= 4 is 0 Å². The predicted octanol–water partition coefficient (Wildman–Crippen LogP) is 0.954. The van der Waals surface area contributed by atoms with Gasteiger partial charge in [0.2, 0.25) is 0 Å². The first kappa shape index (κ1) is 14.0. The van der Waals surface area contributed by atoms with Gasteiger partial charge in [0.15, 0.2) is 0 Å². The molecule has 3 rings (SSSR count). The summed E-state index contributed by atoms with van der Waals surface area (Å²) in [7, 11) is 0. The van der Waals surface area contributed by atoms with Crippen molar-refractivity contribution in [3.8, 4) is 0 Å². The van der Waals surface area contributed by atoms with Gasteiger partial charge in [0.25, 0.3) is 0 Å². The zero-order valence-electron chi connectivity index (χ0n) is 11.9. The van der Waals surface area contributed by atoms with Gasteiger partial charge in [-0.1, -0.05) is 30.3 Å². The first-order valence-electron chi connectivity index (χ1n) is 7.59. The minimum Gasteiger partial charge on any atom is -0.396 e. The molecule has 4 heteroatoms. The number of ether oxygens (including phenoxy) is 1. The first-order chi connectivity index (χ1) is 9.86. The molecule has 1 N–H and O–H groups in total. The summed E-state index contributed by atoms with van der Waals surface area (Å²) in [6, 6.07) is 11.2. The van der Waals surface area contributed by atoms with Crippen LogP contribution in [0.3, 0.4) is 0 Å². The van der Waals surface area contributed by atoms with Crippen molar-refractivity contribution in [2.75, 3.05) is 39.4 Å². The lowest BCUT2D eigenvalue weighted by Crippen LogP contribution is -2.50. The van der Waals surface area contributed by atoms with Crippen LogP contribution in [-0.2, 0) is 11.3 Å². The summed E-state index contributed by atoms with van der Waals surface area (Å²) in [6.45, 7) is 6.20. The predicted molar refractivity (Wildman–Crippen MR) is 78.5 cm³/mol. The molecule has 2 saturated heterocycles. The molecule has 0 radical (unpaired) electrons. The van der Waals surface area contributed by atoms with Crippen LogP contribution in [0, 0.1) is 0 Å². The normalized spacial score (nSPS) is 27.6. The van der Waals surface area contributed by atoms with Gasteiger partial charge in [0, 0.05) is 39.3 Å². The molecular weight excluding hydrogens is 252 g/mol. The molecule has 1 aromatic carbocycles. The molecule has 0 aliphatic carbocycles. The van der Waals surface area contributed by atoms with Crippen molar-refractivity contribution < 1.29 is 9.84 Å². The lowest BCUT2D eigenvalue weighted by molar-refractivity contribution is -0.0504. The summed E-state index contributed by atoms with van der Waals surface area (Å²) >= 11 is 0. The van der Waals surface area contributed by atoms with Crippen LogP contribution in [0.15, 0.2) is 30.3 Å². The Hall–Kier alpha value is -0.940. The van der Waals surface area contributed by atoms with Crippen LogP contribution >= 0.6 is 0 Å². The lowest BCUT2D eigenvalue weighted by Gasteiger charge is -2.37. The molecule has 0 amide bonds. The second-order valence-electron chi connectivity index (χ2n) is 5.77. The largest absolute Gasteiger partial charge is 0.396 e. The number of morpholine rings is 1. The molecule has 20 heavy (non-hydrogen) atoms. The minimum atomic E-state index is 0.278. The molecule has 1 aromatic rings. The van der Waals surface area contributed by atoms with Crippen molar-refractivity contribution in [3.63, 3.8) is 0 Å². The highest BCUT2D eigenvalue weighted by molar-refractivity contribution is 5.15. The average Bonchev–Trinajstić information content (AvgIpc) is 2.90. The summed E-state index contributed by atoms with van der Waals surface area (Å²) in [5.74, 6) is 0. The van der Waals surface area contributed by atoms with E-state index < -0.39 is 0 Å². The van der Waals surface area contributed by atoms with Gasteiger partial charge < -0.3 is 9.84 Å². The number of aliphatic hydroxyl groups excluding tert-OH is 1. The van der Waals surface area contributed by atoms with E-state index in [2.05, 4.69) is 40.1 Å². The summed E-state index contributed by atoms with van der Waals surface area (Å²) < 4.78 is 5.93. The van der Waals surface area contributed by atoms with Gasteiger partial charge in [0.1, 0.15) is 0 Å². The third-order valence-corrected chi connectivity index (χ3v) is 4.35. The monoisotopic (exact) mass is 276 g/mol. The van der Waals surface area contributed by atoms with E-state index in [0.29, 0.717) is 12.1 Å². The lowest BCUT2D eigenvalue weighted by atomic mass is 10.1. The van der Waals surface area contributed by atoms with Crippen LogP contribution in [0.5, 0.6) is 0 Å². The maximum Gasteiger partial charge on any atom is 0.0870 e. The van der Waals surface area contributed by atoms with Crippen LogP contribution in [0.1, 0.15) is 12.0 Å². The molecule has 2 aliphatic rings. The third kappa shape index (κ3) is 3.20. The highest BCUT2D eigenvalue weighted by atomic mass is 16.5. The second-order valence-corrected chi connectivity index (χ2v) is 5.77. The highest BCUT2D eigenvalue weighted by Crippen LogP contribution is 2.24. The Balaban J connectivity index is 1.61. The number of rotatable bonds is 5. The summed E-state index contributed by atoms with van der Waals surface area (Å²) in [6.07, 6.45) is 1.20. The Kier molecular flexibility index (Phi) is 4.68. The van der Waals surface area contributed by atoms with E-state index in [1.807, 2.05) is 0 Å². The molecule has 2 aliphatic heterocycles. The Morgan fingerprint density at radius 3 is 2.85 bits per heavy atom. The molecule has 2 unspecified atom stereocenters. The van der Waals surface area contributed by atoms with Crippen molar-refractivity contribution in [1.29, 1.82) is 0 Å². The highest BCUT2D eigenvalue weighted by Gasteiger charge is 2.39. The van der Waals surface area contributed by atoms with Crippen molar-refractivity contribution in [1.82, 2.24) is 9.80 Å². The van der Waals surface area contributed by atoms with Gasteiger partial charge in [-0.25, -0.2) is 0 Å². The Labute approximate surface area is 120 Å². The quantitative estimate of drug-likeness (QED) is 0.869. The van der Waals surface area contributed by atoms with Crippen LogP contribution < -0.4 is 0 Å². The van der Waals surface area contributed by atoms with E-state index in [1.54, 1.807) is 0 Å². The molecule has 2 fully saturated rings. The van der Waals surface area contributed by atoms with E-state index in [1.165, 1.54) is 5.56 Å². The molecule has 2 heterocycles. The molecule has 0 aromatic heterocycles. The molecule has 0 saturated carbocycles. The van der Waals surface area contributed by atoms with Crippen molar-refractivity contribution in [2.45, 2.75) is 25.1 Å². The summed E-state index contributed by atoms with van der Waals surface area (Å²) in [4.78, 5) is 4.98. The number of fused-ring (bicyclic) bond motifs is 1. The van der Waals surface area contributed by atoms with Gasteiger partial charge in [0.05, 0.1) is 18.8 Å². The fourth-order valence-electron chi connectivity index (χ4n) is 3.33. The SMILES string of the molecule is OCCCN1CC2OCCN(Cc3ccccc3)C2C1. The number of aliphatic hydroxyl groups is 1. The Bertz CT molecular complexity index is 412. The molecule has 0 bridgehead atoms. The van der Waals surface area contributed by atoms with Gasteiger partial charge in [-0.3, -0.25) is 9.80 Å². The van der Waals surface area contributed by atoms with E-state index in [-0.39, 0.29) is 6.61 Å². The van der Waals surface area contributed by atoms with E-state index in [4.69, 9.17) is 9.84 Å². The molecule has 110 valence electrons. The third-order valence-electron chi connectivity index (χ3n) is 4.35. The average molecular weight is 276 g/mol.